The molecule has 8 heteroatoms. The molecule has 30 heavy (non-hydrogen) atoms. The summed E-state index contributed by atoms with van der Waals surface area (Å²) >= 11 is 0. The number of anilines is 1. The molecule has 2 aromatic carbocycles. The van der Waals surface area contributed by atoms with E-state index in [2.05, 4.69) is 15.5 Å². The van der Waals surface area contributed by atoms with Gasteiger partial charge in [-0.2, -0.15) is 4.98 Å². The molecule has 2 heterocycles. The molecule has 156 valence electrons. The van der Waals surface area contributed by atoms with E-state index in [-0.39, 0.29) is 17.8 Å². The first-order valence-electron chi connectivity index (χ1n) is 10.0. The molecule has 0 spiro atoms. The Hall–Kier alpha value is -3.42. The first kappa shape index (κ1) is 19.9. The Bertz CT molecular complexity index is 988. The summed E-state index contributed by atoms with van der Waals surface area (Å²) in [7, 11) is 0. The molecule has 4 rings (SSSR count). The van der Waals surface area contributed by atoms with Crippen LogP contribution in [0.4, 0.5) is 14.9 Å². The van der Waals surface area contributed by atoms with Gasteiger partial charge in [0, 0.05) is 24.3 Å². The van der Waals surface area contributed by atoms with Crippen molar-refractivity contribution in [3.8, 4) is 17.1 Å². The second kappa shape index (κ2) is 8.94. The van der Waals surface area contributed by atoms with E-state index in [1.165, 1.54) is 12.1 Å². The molecule has 1 unspecified atom stereocenters. The van der Waals surface area contributed by atoms with E-state index < -0.39 is 0 Å². The van der Waals surface area contributed by atoms with E-state index in [1.54, 1.807) is 17.0 Å². The highest BCUT2D eigenvalue weighted by molar-refractivity contribution is 5.89. The molecule has 0 bridgehead atoms. The Balaban J connectivity index is 1.39. The van der Waals surface area contributed by atoms with E-state index in [1.807, 2.05) is 31.2 Å². The fraction of sp³-hybridized carbons (Fsp3) is 0.318. The zero-order valence-corrected chi connectivity index (χ0v) is 16.7. The van der Waals surface area contributed by atoms with Crippen molar-refractivity contribution in [3.63, 3.8) is 0 Å². The molecule has 2 amide bonds. The van der Waals surface area contributed by atoms with Crippen molar-refractivity contribution in [3.05, 3.63) is 60.2 Å². The standard InChI is InChI=1S/C22H23FN4O3/c1-2-29-19-11-9-18(10-12-19)24-22(28)27-13-3-4-16(14-27)21-25-20(26-30-21)15-5-7-17(23)8-6-15/h5-12,16H,2-4,13-14H2,1H3,(H,24,28). The van der Waals surface area contributed by atoms with Gasteiger partial charge >= 0.3 is 6.03 Å². The Morgan fingerprint density at radius 2 is 2.00 bits per heavy atom. The smallest absolute Gasteiger partial charge is 0.321 e. The summed E-state index contributed by atoms with van der Waals surface area (Å²) < 4.78 is 24.0. The van der Waals surface area contributed by atoms with Crippen LogP contribution in [0.3, 0.4) is 0 Å². The highest BCUT2D eigenvalue weighted by Gasteiger charge is 2.28. The lowest BCUT2D eigenvalue weighted by atomic mass is 9.98. The summed E-state index contributed by atoms with van der Waals surface area (Å²) in [5, 5.41) is 6.93. The van der Waals surface area contributed by atoms with Crippen LogP contribution >= 0.6 is 0 Å². The van der Waals surface area contributed by atoms with Crippen molar-refractivity contribution in [1.29, 1.82) is 0 Å². The third-order valence-electron chi connectivity index (χ3n) is 5.02. The summed E-state index contributed by atoms with van der Waals surface area (Å²) in [6.07, 6.45) is 1.70. The van der Waals surface area contributed by atoms with Gasteiger partial charge in [0.1, 0.15) is 11.6 Å². The van der Waals surface area contributed by atoms with Crippen LogP contribution in [0.2, 0.25) is 0 Å². The summed E-state index contributed by atoms with van der Waals surface area (Å²) in [4.78, 5) is 18.9. The number of carbonyl (C=O) groups excluding carboxylic acids is 1. The molecular formula is C22H23FN4O3. The highest BCUT2D eigenvalue weighted by Crippen LogP contribution is 2.28. The lowest BCUT2D eigenvalue weighted by molar-refractivity contribution is 0.184. The number of rotatable bonds is 5. The highest BCUT2D eigenvalue weighted by atomic mass is 19.1. The molecular weight excluding hydrogens is 387 g/mol. The molecule has 1 fully saturated rings. The fourth-order valence-electron chi connectivity index (χ4n) is 3.48. The van der Waals surface area contributed by atoms with Gasteiger partial charge in [-0.05, 0) is 68.3 Å². The number of likely N-dealkylation sites (tertiary alicyclic amines) is 1. The van der Waals surface area contributed by atoms with Gasteiger partial charge in [-0.15, -0.1) is 0 Å². The maximum atomic E-state index is 13.1. The van der Waals surface area contributed by atoms with Gasteiger partial charge < -0.3 is 19.5 Å². The zero-order valence-electron chi connectivity index (χ0n) is 16.7. The first-order valence-corrected chi connectivity index (χ1v) is 10.0. The number of carbonyl (C=O) groups is 1. The maximum absolute atomic E-state index is 13.1. The van der Waals surface area contributed by atoms with Gasteiger partial charge in [-0.25, -0.2) is 9.18 Å². The largest absolute Gasteiger partial charge is 0.494 e. The maximum Gasteiger partial charge on any atom is 0.321 e. The number of piperidine rings is 1. The lowest BCUT2D eigenvalue weighted by Gasteiger charge is -2.31. The number of nitrogens with one attached hydrogen (secondary N) is 1. The van der Waals surface area contributed by atoms with Crippen LogP contribution < -0.4 is 10.1 Å². The van der Waals surface area contributed by atoms with Crippen molar-refractivity contribution in [2.24, 2.45) is 0 Å². The third-order valence-corrected chi connectivity index (χ3v) is 5.02. The van der Waals surface area contributed by atoms with Crippen LogP contribution in [-0.4, -0.2) is 40.8 Å². The second-order valence-electron chi connectivity index (χ2n) is 7.14. The number of nitrogens with zero attached hydrogens (tertiary/aromatic N) is 3. The number of ether oxygens (including phenoxy) is 1. The fourth-order valence-corrected chi connectivity index (χ4v) is 3.48. The van der Waals surface area contributed by atoms with Crippen molar-refractivity contribution >= 4 is 11.7 Å². The minimum Gasteiger partial charge on any atom is -0.494 e. The van der Waals surface area contributed by atoms with E-state index in [9.17, 15) is 9.18 Å². The van der Waals surface area contributed by atoms with Crippen molar-refractivity contribution < 1.29 is 18.4 Å². The van der Waals surface area contributed by atoms with Crippen LogP contribution in [0.1, 0.15) is 31.6 Å². The van der Waals surface area contributed by atoms with Crippen LogP contribution in [0, 0.1) is 5.82 Å². The molecule has 1 aliphatic rings. The number of urea groups is 1. The van der Waals surface area contributed by atoms with E-state index >= 15 is 0 Å². The van der Waals surface area contributed by atoms with E-state index in [4.69, 9.17) is 9.26 Å². The minimum absolute atomic E-state index is 0.0356. The van der Waals surface area contributed by atoms with Crippen molar-refractivity contribution in [2.75, 3.05) is 25.0 Å². The topological polar surface area (TPSA) is 80.5 Å². The predicted molar refractivity (Wildman–Crippen MR) is 110 cm³/mol. The van der Waals surface area contributed by atoms with Gasteiger partial charge in [0.2, 0.25) is 11.7 Å². The van der Waals surface area contributed by atoms with E-state index in [0.717, 1.165) is 18.6 Å². The number of amides is 2. The van der Waals surface area contributed by atoms with Gasteiger partial charge in [0.25, 0.3) is 0 Å². The number of benzene rings is 2. The molecule has 0 radical (unpaired) electrons. The lowest BCUT2D eigenvalue weighted by Crippen LogP contribution is -2.41. The van der Waals surface area contributed by atoms with Crippen LogP contribution in [0.15, 0.2) is 53.1 Å². The Morgan fingerprint density at radius 1 is 1.23 bits per heavy atom. The van der Waals surface area contributed by atoms with Crippen molar-refractivity contribution in [1.82, 2.24) is 15.0 Å². The molecule has 1 N–H and O–H groups in total. The summed E-state index contributed by atoms with van der Waals surface area (Å²) in [6, 6.07) is 13.1. The number of hydrogen-bond donors (Lipinski definition) is 1. The SMILES string of the molecule is CCOc1ccc(NC(=O)N2CCCC(c3nc(-c4ccc(F)cc4)no3)C2)cc1. The predicted octanol–water partition coefficient (Wildman–Crippen LogP) is 4.69. The van der Waals surface area contributed by atoms with Gasteiger partial charge in [0.15, 0.2) is 0 Å². The van der Waals surface area contributed by atoms with E-state index in [0.29, 0.717) is 42.7 Å². The molecule has 1 atom stereocenters. The Kier molecular flexibility index (Phi) is 5.92. The molecule has 0 saturated carbocycles. The molecule has 1 aliphatic heterocycles. The third kappa shape index (κ3) is 4.59. The molecule has 1 aromatic heterocycles. The average molecular weight is 410 g/mol. The summed E-state index contributed by atoms with van der Waals surface area (Å²) in [5.74, 6) is 1.33. The van der Waals surface area contributed by atoms with Crippen LogP contribution in [0.25, 0.3) is 11.4 Å². The monoisotopic (exact) mass is 410 g/mol. The number of halogens is 1. The Labute approximate surface area is 173 Å². The van der Waals surface area contributed by atoms with Gasteiger partial charge in [0.05, 0.1) is 12.5 Å². The minimum atomic E-state index is -0.316. The van der Waals surface area contributed by atoms with Gasteiger partial charge in [-0.1, -0.05) is 5.16 Å². The average Bonchev–Trinajstić information content (AvgIpc) is 3.26. The molecule has 1 saturated heterocycles. The number of aromatic nitrogens is 2. The second-order valence-corrected chi connectivity index (χ2v) is 7.14. The van der Waals surface area contributed by atoms with Crippen molar-refractivity contribution in [2.45, 2.75) is 25.7 Å². The van der Waals surface area contributed by atoms with Crippen LogP contribution in [0.5, 0.6) is 5.75 Å². The summed E-state index contributed by atoms with van der Waals surface area (Å²) in [6.45, 7) is 3.68. The molecule has 7 nitrogen and oxygen atoms in total. The Morgan fingerprint density at radius 3 is 2.73 bits per heavy atom. The zero-order chi connectivity index (χ0) is 20.9. The first-order chi connectivity index (χ1) is 14.6. The summed E-state index contributed by atoms with van der Waals surface area (Å²) in [5.41, 5.74) is 1.40. The van der Waals surface area contributed by atoms with Crippen LogP contribution in [-0.2, 0) is 0 Å². The normalized spacial score (nSPS) is 16.3. The van der Waals surface area contributed by atoms with Gasteiger partial charge in [-0.3, -0.25) is 0 Å². The number of hydrogen-bond acceptors (Lipinski definition) is 5. The molecule has 0 aliphatic carbocycles. The molecule has 3 aromatic rings. The quantitative estimate of drug-likeness (QED) is 0.660.